The predicted molar refractivity (Wildman–Crippen MR) is 118 cm³/mol. The first-order chi connectivity index (χ1) is 16.0. The fraction of sp³-hybridized carbons (Fsp3) is 0.333. The number of aromatic nitrogens is 2. The van der Waals surface area contributed by atoms with Gasteiger partial charge in [-0.15, -0.1) is 0 Å². The Morgan fingerprint density at radius 2 is 1.88 bits per heavy atom. The second-order valence-electron chi connectivity index (χ2n) is 8.25. The molecular formula is C24H24F2N4O3. The molecule has 2 aromatic carbocycles. The zero-order valence-corrected chi connectivity index (χ0v) is 18.1. The summed E-state index contributed by atoms with van der Waals surface area (Å²) in [6.45, 7) is 2.56. The van der Waals surface area contributed by atoms with Crippen molar-refractivity contribution in [3.05, 3.63) is 70.9 Å². The third-order valence-corrected chi connectivity index (χ3v) is 6.32. The number of primary amides is 1. The predicted octanol–water partition coefficient (Wildman–Crippen LogP) is 4.23. The average Bonchev–Trinajstić information content (AvgIpc) is 3.46. The van der Waals surface area contributed by atoms with Crippen LogP contribution in [0.15, 0.2) is 48.7 Å². The highest BCUT2D eigenvalue weighted by molar-refractivity contribution is 5.98. The monoisotopic (exact) mass is 454 g/mol. The lowest BCUT2D eigenvalue weighted by molar-refractivity contribution is 0.0616. The summed E-state index contributed by atoms with van der Waals surface area (Å²) in [7, 11) is 0. The first-order valence-electron chi connectivity index (χ1n) is 10.9. The van der Waals surface area contributed by atoms with Gasteiger partial charge in [-0.1, -0.05) is 37.3 Å². The number of ether oxygens (including phenoxy) is 2. The number of hydrogen-bond donors (Lipinski definition) is 1. The van der Waals surface area contributed by atoms with Crippen molar-refractivity contribution in [3.8, 4) is 11.5 Å². The highest BCUT2D eigenvalue weighted by Crippen LogP contribution is 2.45. The Labute approximate surface area is 189 Å². The molecule has 2 N–H and O–H groups in total. The highest BCUT2D eigenvalue weighted by Gasteiger charge is 2.41. The Morgan fingerprint density at radius 3 is 2.58 bits per heavy atom. The first kappa shape index (κ1) is 21.2. The molecule has 1 aromatic heterocycles. The number of aryl methyl sites for hydroxylation is 1. The number of fused-ring (bicyclic) bond motifs is 2. The molecule has 33 heavy (non-hydrogen) atoms. The molecule has 3 aromatic rings. The minimum Gasteiger partial charge on any atom is -0.454 e. The van der Waals surface area contributed by atoms with Gasteiger partial charge in [-0.2, -0.15) is 5.10 Å². The van der Waals surface area contributed by atoms with Crippen LogP contribution in [0.4, 0.5) is 14.6 Å². The summed E-state index contributed by atoms with van der Waals surface area (Å²) in [6.07, 6.45) is -0.345. The van der Waals surface area contributed by atoms with E-state index in [1.54, 1.807) is 0 Å². The normalized spacial score (nSPS) is 19.1. The molecule has 2 aliphatic rings. The number of benzene rings is 2. The molecule has 0 saturated carbocycles. The number of hydrogen-bond acceptors (Lipinski definition) is 5. The lowest BCUT2D eigenvalue weighted by Gasteiger charge is -2.42. The van der Waals surface area contributed by atoms with E-state index in [4.69, 9.17) is 15.2 Å². The van der Waals surface area contributed by atoms with Crippen molar-refractivity contribution >= 4 is 11.7 Å². The second kappa shape index (κ2) is 8.38. The van der Waals surface area contributed by atoms with Gasteiger partial charge in [0, 0.05) is 13.0 Å². The molecule has 172 valence electrons. The van der Waals surface area contributed by atoms with E-state index in [-0.39, 0.29) is 18.8 Å². The summed E-state index contributed by atoms with van der Waals surface area (Å²) in [5, 5.41) is 4.14. The molecule has 0 saturated heterocycles. The van der Waals surface area contributed by atoms with Crippen LogP contribution in [0.25, 0.3) is 0 Å². The van der Waals surface area contributed by atoms with Gasteiger partial charge in [-0.25, -0.2) is 13.5 Å². The van der Waals surface area contributed by atoms with Gasteiger partial charge in [0.2, 0.25) is 6.79 Å². The molecule has 5 rings (SSSR count). The quantitative estimate of drug-likeness (QED) is 0.603. The molecule has 9 heteroatoms. The number of carbonyl (C=O) groups is 1. The molecular weight excluding hydrogens is 430 g/mol. The van der Waals surface area contributed by atoms with Crippen molar-refractivity contribution in [2.75, 3.05) is 11.7 Å². The fourth-order valence-electron chi connectivity index (χ4n) is 4.58. The van der Waals surface area contributed by atoms with Crippen LogP contribution in [0, 0.1) is 0 Å². The molecule has 2 unspecified atom stereocenters. The van der Waals surface area contributed by atoms with Crippen LogP contribution in [0.3, 0.4) is 0 Å². The van der Waals surface area contributed by atoms with Crippen molar-refractivity contribution in [3.63, 3.8) is 0 Å². The minimum absolute atomic E-state index is 0.122. The maximum atomic E-state index is 14.1. The number of nitrogens with two attached hydrogens (primary N) is 1. The minimum atomic E-state index is -2.64. The summed E-state index contributed by atoms with van der Waals surface area (Å²) in [5.41, 5.74) is 8.66. The van der Waals surface area contributed by atoms with E-state index in [2.05, 4.69) is 12.0 Å². The number of anilines is 1. The number of halogens is 2. The number of alkyl halides is 2. The summed E-state index contributed by atoms with van der Waals surface area (Å²) in [4.78, 5) is 14.1. The van der Waals surface area contributed by atoms with E-state index in [0.717, 1.165) is 23.1 Å². The first-order valence-corrected chi connectivity index (χ1v) is 10.9. The van der Waals surface area contributed by atoms with E-state index in [1.165, 1.54) is 10.9 Å². The Morgan fingerprint density at radius 1 is 1.15 bits per heavy atom. The summed E-state index contributed by atoms with van der Waals surface area (Å²) < 4.78 is 40.3. The van der Waals surface area contributed by atoms with E-state index < -0.39 is 24.4 Å². The highest BCUT2D eigenvalue weighted by atomic mass is 19.3. The second-order valence-corrected chi connectivity index (χ2v) is 8.25. The summed E-state index contributed by atoms with van der Waals surface area (Å²) in [6, 6.07) is 12.0. The van der Waals surface area contributed by atoms with Gasteiger partial charge < -0.3 is 20.1 Å². The van der Waals surface area contributed by atoms with E-state index in [0.29, 0.717) is 23.9 Å². The molecule has 1 amide bonds. The maximum absolute atomic E-state index is 14.1. The number of carbonyl (C=O) groups excluding carboxylic acids is 1. The van der Waals surface area contributed by atoms with Gasteiger partial charge in [0.25, 0.3) is 12.3 Å². The summed E-state index contributed by atoms with van der Waals surface area (Å²) in [5.74, 6) is 0.885. The number of rotatable bonds is 6. The van der Waals surface area contributed by atoms with Crippen molar-refractivity contribution < 1.29 is 23.0 Å². The number of nitrogens with zero attached hydrogens (tertiary/aromatic N) is 3. The van der Waals surface area contributed by atoms with Crippen molar-refractivity contribution in [1.82, 2.24) is 9.78 Å². The zero-order chi connectivity index (χ0) is 23.1. The van der Waals surface area contributed by atoms with Gasteiger partial charge in [-0.3, -0.25) is 4.79 Å². The van der Waals surface area contributed by atoms with Gasteiger partial charge >= 0.3 is 0 Å². The van der Waals surface area contributed by atoms with Crippen LogP contribution in [0.5, 0.6) is 11.5 Å². The zero-order valence-electron chi connectivity index (χ0n) is 18.1. The molecule has 2 aliphatic heterocycles. The van der Waals surface area contributed by atoms with Gasteiger partial charge in [0.15, 0.2) is 11.5 Å². The van der Waals surface area contributed by atoms with Crippen LogP contribution in [0.1, 0.15) is 52.5 Å². The van der Waals surface area contributed by atoms with Crippen LogP contribution in [-0.2, 0) is 13.0 Å². The van der Waals surface area contributed by atoms with Crippen LogP contribution in [0.2, 0.25) is 0 Å². The Balaban J connectivity index is 1.62. The third kappa shape index (κ3) is 3.77. The molecule has 0 bridgehead atoms. The maximum Gasteiger partial charge on any atom is 0.260 e. The molecule has 0 radical (unpaired) electrons. The molecule has 7 nitrogen and oxygen atoms in total. The van der Waals surface area contributed by atoms with Gasteiger partial charge in [-0.05, 0) is 35.2 Å². The molecule has 3 heterocycles. The number of amides is 1. The Bertz CT molecular complexity index is 1180. The van der Waals surface area contributed by atoms with Crippen molar-refractivity contribution in [2.24, 2.45) is 5.73 Å². The smallest absolute Gasteiger partial charge is 0.260 e. The Kier molecular flexibility index (Phi) is 5.39. The fourth-order valence-corrected chi connectivity index (χ4v) is 4.58. The van der Waals surface area contributed by atoms with Crippen LogP contribution in [-0.4, -0.2) is 28.9 Å². The molecule has 0 fully saturated rings. The van der Waals surface area contributed by atoms with E-state index >= 15 is 0 Å². The molecule has 0 spiro atoms. The molecule has 0 aliphatic carbocycles. The SMILES string of the molecule is CCc1ccc(C2CC(C(F)F)n3ncc(C(N)=O)c3N2Cc2ccc3c(c2)OCO3)cc1. The van der Waals surface area contributed by atoms with E-state index in [9.17, 15) is 13.6 Å². The topological polar surface area (TPSA) is 82.6 Å². The summed E-state index contributed by atoms with van der Waals surface area (Å²) >= 11 is 0. The van der Waals surface area contributed by atoms with Gasteiger partial charge in [0.05, 0.1) is 12.2 Å². The molecule has 2 atom stereocenters. The lowest BCUT2D eigenvalue weighted by atomic mass is 9.93. The third-order valence-electron chi connectivity index (χ3n) is 6.32. The van der Waals surface area contributed by atoms with Crippen LogP contribution >= 0.6 is 0 Å². The average molecular weight is 454 g/mol. The standard InChI is InChI=1S/C24H24F2N4O3/c1-2-14-3-6-16(7-4-14)18-10-19(22(25)26)30-24(17(11-28-30)23(27)31)29(18)12-15-5-8-20-21(9-15)33-13-32-20/h3-9,11,18-19,22H,2,10,12-13H2,1H3,(H2,27,31). The largest absolute Gasteiger partial charge is 0.454 e. The van der Waals surface area contributed by atoms with Crippen LogP contribution < -0.4 is 20.1 Å². The van der Waals surface area contributed by atoms with Crippen molar-refractivity contribution in [1.29, 1.82) is 0 Å². The van der Waals surface area contributed by atoms with Crippen molar-refractivity contribution in [2.45, 2.75) is 44.8 Å². The van der Waals surface area contributed by atoms with Gasteiger partial charge in [0.1, 0.15) is 17.4 Å². The lowest BCUT2D eigenvalue weighted by Crippen LogP contribution is -2.40. The van der Waals surface area contributed by atoms with E-state index in [1.807, 2.05) is 47.4 Å². The Hall–Kier alpha value is -3.62.